The Morgan fingerprint density at radius 1 is 1.47 bits per heavy atom. The molecule has 84 valence electrons. The third-order valence-corrected chi connectivity index (χ3v) is 2.22. The fourth-order valence-electron chi connectivity index (χ4n) is 1.16. The van der Waals surface area contributed by atoms with Crippen molar-refractivity contribution >= 4 is 11.7 Å². The second-order valence-corrected chi connectivity index (χ2v) is 3.55. The highest BCUT2D eigenvalue weighted by molar-refractivity contribution is 5.92. The van der Waals surface area contributed by atoms with Crippen LogP contribution in [0.15, 0.2) is 0 Å². The number of rotatable bonds is 5. The molecule has 1 amide bonds. The maximum atomic E-state index is 11.4. The lowest BCUT2D eigenvalue weighted by Crippen LogP contribution is -2.28. The summed E-state index contributed by atoms with van der Waals surface area (Å²) in [6.45, 7) is 7.10. The number of aromatic amines is 1. The zero-order valence-electron chi connectivity index (χ0n) is 9.48. The van der Waals surface area contributed by atoms with E-state index in [1.54, 1.807) is 0 Å². The molecule has 0 aliphatic carbocycles. The van der Waals surface area contributed by atoms with Crippen LogP contribution in [0.3, 0.4) is 0 Å². The van der Waals surface area contributed by atoms with Gasteiger partial charge >= 0.3 is 0 Å². The monoisotopic (exact) mass is 210 g/mol. The van der Waals surface area contributed by atoms with E-state index in [1.807, 2.05) is 13.8 Å². The lowest BCUT2D eigenvalue weighted by molar-refractivity contribution is -0.115. The van der Waals surface area contributed by atoms with Gasteiger partial charge in [0, 0.05) is 11.3 Å². The van der Waals surface area contributed by atoms with Crippen LogP contribution in [-0.2, 0) is 4.79 Å². The van der Waals surface area contributed by atoms with Gasteiger partial charge in [-0.1, -0.05) is 6.92 Å². The Kier molecular flexibility index (Phi) is 4.30. The maximum absolute atomic E-state index is 11.4. The van der Waals surface area contributed by atoms with E-state index in [2.05, 4.69) is 27.8 Å². The van der Waals surface area contributed by atoms with E-state index < -0.39 is 0 Å². The van der Waals surface area contributed by atoms with Crippen molar-refractivity contribution in [2.45, 2.75) is 27.2 Å². The van der Waals surface area contributed by atoms with Crippen molar-refractivity contribution in [3.05, 3.63) is 11.3 Å². The van der Waals surface area contributed by atoms with Gasteiger partial charge in [0.05, 0.1) is 6.54 Å². The highest BCUT2D eigenvalue weighted by atomic mass is 16.2. The Morgan fingerprint density at radius 3 is 2.73 bits per heavy atom. The molecule has 0 fully saturated rings. The lowest BCUT2D eigenvalue weighted by atomic mass is 10.3. The van der Waals surface area contributed by atoms with E-state index >= 15 is 0 Å². The van der Waals surface area contributed by atoms with Crippen LogP contribution in [0.5, 0.6) is 0 Å². The number of hydrogen-bond donors (Lipinski definition) is 3. The molecule has 1 aromatic heterocycles. The summed E-state index contributed by atoms with van der Waals surface area (Å²) < 4.78 is 0. The number of amides is 1. The molecule has 0 aliphatic rings. The van der Waals surface area contributed by atoms with Gasteiger partial charge in [-0.3, -0.25) is 9.89 Å². The molecule has 5 nitrogen and oxygen atoms in total. The molecule has 0 bridgehead atoms. The van der Waals surface area contributed by atoms with Gasteiger partial charge in [-0.2, -0.15) is 5.10 Å². The lowest BCUT2D eigenvalue weighted by Gasteiger charge is -2.03. The summed E-state index contributed by atoms with van der Waals surface area (Å²) in [5, 5.41) is 12.6. The first-order valence-electron chi connectivity index (χ1n) is 5.17. The first kappa shape index (κ1) is 11.7. The molecule has 0 spiro atoms. The zero-order valence-corrected chi connectivity index (χ0v) is 9.48. The summed E-state index contributed by atoms with van der Waals surface area (Å²) >= 11 is 0. The zero-order chi connectivity index (χ0) is 11.3. The van der Waals surface area contributed by atoms with Crippen molar-refractivity contribution < 1.29 is 4.79 Å². The number of aromatic nitrogens is 2. The van der Waals surface area contributed by atoms with Crippen molar-refractivity contribution in [1.29, 1.82) is 0 Å². The predicted octanol–water partition coefficient (Wildman–Crippen LogP) is 0.965. The predicted molar refractivity (Wildman–Crippen MR) is 59.9 cm³/mol. The fraction of sp³-hybridized carbons (Fsp3) is 0.600. The molecule has 0 aliphatic heterocycles. The highest BCUT2D eigenvalue weighted by Crippen LogP contribution is 2.12. The van der Waals surface area contributed by atoms with Crippen LogP contribution in [-0.4, -0.2) is 29.2 Å². The molecule has 0 unspecified atom stereocenters. The smallest absolute Gasteiger partial charge is 0.239 e. The first-order valence-corrected chi connectivity index (χ1v) is 5.17. The number of hydrogen-bond acceptors (Lipinski definition) is 3. The van der Waals surface area contributed by atoms with Crippen molar-refractivity contribution in [3.8, 4) is 0 Å². The summed E-state index contributed by atoms with van der Waals surface area (Å²) in [6.07, 6.45) is 1.02. The summed E-state index contributed by atoms with van der Waals surface area (Å²) in [5.41, 5.74) is 1.96. The van der Waals surface area contributed by atoms with E-state index in [-0.39, 0.29) is 5.91 Å². The van der Waals surface area contributed by atoms with E-state index in [0.29, 0.717) is 12.4 Å². The molecule has 1 aromatic rings. The average molecular weight is 210 g/mol. The molecule has 1 rings (SSSR count). The van der Waals surface area contributed by atoms with Crippen molar-refractivity contribution in [2.75, 3.05) is 18.4 Å². The van der Waals surface area contributed by atoms with Crippen LogP contribution in [0.25, 0.3) is 0 Å². The molecule has 5 heteroatoms. The topological polar surface area (TPSA) is 69.8 Å². The van der Waals surface area contributed by atoms with Crippen LogP contribution in [0.2, 0.25) is 0 Å². The van der Waals surface area contributed by atoms with E-state index in [9.17, 15) is 4.79 Å². The highest BCUT2D eigenvalue weighted by Gasteiger charge is 2.08. The molecule has 1 heterocycles. The summed E-state index contributed by atoms with van der Waals surface area (Å²) in [7, 11) is 0. The van der Waals surface area contributed by atoms with Gasteiger partial charge in [-0.15, -0.1) is 0 Å². The van der Waals surface area contributed by atoms with Gasteiger partial charge in [-0.25, -0.2) is 0 Å². The van der Waals surface area contributed by atoms with Gasteiger partial charge in [-0.05, 0) is 26.8 Å². The molecule has 15 heavy (non-hydrogen) atoms. The summed E-state index contributed by atoms with van der Waals surface area (Å²) in [5.74, 6) is 0.564. The SMILES string of the molecule is CCCNCC(=O)Nc1n[nH]c(C)c1C. The first-order chi connectivity index (χ1) is 7.15. The number of nitrogens with one attached hydrogen (secondary N) is 3. The molecule has 3 N–H and O–H groups in total. The normalized spacial score (nSPS) is 10.3. The van der Waals surface area contributed by atoms with Crippen LogP contribution >= 0.6 is 0 Å². The summed E-state index contributed by atoms with van der Waals surface area (Å²) in [4.78, 5) is 11.4. The van der Waals surface area contributed by atoms with Crippen LogP contribution < -0.4 is 10.6 Å². The number of aryl methyl sites for hydroxylation is 1. The maximum Gasteiger partial charge on any atom is 0.239 e. The third-order valence-electron chi connectivity index (χ3n) is 2.22. The van der Waals surface area contributed by atoms with Crippen LogP contribution in [0.4, 0.5) is 5.82 Å². The van der Waals surface area contributed by atoms with E-state index in [4.69, 9.17) is 0 Å². The van der Waals surface area contributed by atoms with Crippen molar-refractivity contribution in [1.82, 2.24) is 15.5 Å². The fourth-order valence-corrected chi connectivity index (χ4v) is 1.16. The number of carbonyl (C=O) groups is 1. The minimum atomic E-state index is -0.0574. The number of nitrogens with zero attached hydrogens (tertiary/aromatic N) is 1. The minimum Gasteiger partial charge on any atom is -0.308 e. The Hall–Kier alpha value is -1.36. The molecule has 0 aromatic carbocycles. The second kappa shape index (κ2) is 5.50. The average Bonchev–Trinajstić information content (AvgIpc) is 2.50. The van der Waals surface area contributed by atoms with Gasteiger partial charge in [0.1, 0.15) is 0 Å². The van der Waals surface area contributed by atoms with Crippen LogP contribution in [0, 0.1) is 13.8 Å². The molecular formula is C10H18N4O. The van der Waals surface area contributed by atoms with Gasteiger partial charge in [0.15, 0.2) is 5.82 Å². The number of anilines is 1. The number of H-pyrrole nitrogens is 1. The molecule has 0 atom stereocenters. The van der Waals surface area contributed by atoms with Crippen molar-refractivity contribution in [3.63, 3.8) is 0 Å². The van der Waals surface area contributed by atoms with Crippen LogP contribution in [0.1, 0.15) is 24.6 Å². The minimum absolute atomic E-state index is 0.0574. The Morgan fingerprint density at radius 2 is 2.20 bits per heavy atom. The summed E-state index contributed by atoms with van der Waals surface area (Å²) in [6, 6.07) is 0. The van der Waals surface area contributed by atoms with Gasteiger partial charge in [0.25, 0.3) is 0 Å². The van der Waals surface area contributed by atoms with Gasteiger partial charge in [0.2, 0.25) is 5.91 Å². The second-order valence-electron chi connectivity index (χ2n) is 3.55. The quantitative estimate of drug-likeness (QED) is 0.634. The van der Waals surface area contributed by atoms with Gasteiger partial charge < -0.3 is 10.6 Å². The molecular weight excluding hydrogens is 192 g/mol. The van der Waals surface area contributed by atoms with E-state index in [0.717, 1.165) is 24.2 Å². The molecule has 0 saturated carbocycles. The standard InChI is InChI=1S/C10H18N4O/c1-4-5-11-6-9(15)12-10-7(2)8(3)13-14-10/h11H,4-6H2,1-3H3,(H2,12,13,14,15). The van der Waals surface area contributed by atoms with Crippen molar-refractivity contribution in [2.24, 2.45) is 0 Å². The molecule has 0 radical (unpaired) electrons. The number of carbonyl (C=O) groups excluding carboxylic acids is 1. The third kappa shape index (κ3) is 3.36. The largest absolute Gasteiger partial charge is 0.308 e. The Labute approximate surface area is 89.6 Å². The molecule has 0 saturated heterocycles. The van der Waals surface area contributed by atoms with E-state index in [1.165, 1.54) is 0 Å². The Bertz CT molecular complexity index is 332. The Balaban J connectivity index is 2.41.